The molecule has 0 saturated carbocycles. The lowest BCUT2D eigenvalue weighted by Crippen LogP contribution is -2.37. The second-order valence-corrected chi connectivity index (χ2v) is 5.75. The first-order valence-electron chi connectivity index (χ1n) is 6.27. The molecule has 1 fully saturated rings. The van der Waals surface area contributed by atoms with Crippen LogP contribution in [0.15, 0.2) is 27.5 Å². The van der Waals surface area contributed by atoms with Gasteiger partial charge in [-0.3, -0.25) is 9.47 Å². The van der Waals surface area contributed by atoms with E-state index in [-0.39, 0.29) is 11.9 Å². The predicted octanol–water partition coefficient (Wildman–Crippen LogP) is 2.71. The molecule has 1 aromatic carbocycles. The number of halogens is 1. The van der Waals surface area contributed by atoms with Crippen LogP contribution in [0, 0.1) is 0 Å². The van der Waals surface area contributed by atoms with E-state index in [9.17, 15) is 4.79 Å². The molecule has 1 N–H and O–H groups in total. The minimum atomic E-state index is -0.0179. The summed E-state index contributed by atoms with van der Waals surface area (Å²) in [5.74, 6) is 0. The number of fused-ring (bicyclic) bond motifs is 1. The molecule has 96 valence electrons. The van der Waals surface area contributed by atoms with Crippen LogP contribution in [0.5, 0.6) is 0 Å². The highest BCUT2D eigenvalue weighted by Crippen LogP contribution is 2.29. The average Bonchev–Trinajstić information content (AvgIpc) is 2.68. The van der Waals surface area contributed by atoms with Gasteiger partial charge in [0.25, 0.3) is 0 Å². The van der Waals surface area contributed by atoms with E-state index >= 15 is 0 Å². The smallest absolute Gasteiger partial charge is 0.305 e. The predicted molar refractivity (Wildman–Crippen MR) is 75.8 cm³/mol. The molecule has 0 aliphatic carbocycles. The van der Waals surface area contributed by atoms with Gasteiger partial charge in [0, 0.05) is 4.47 Å². The van der Waals surface area contributed by atoms with Crippen LogP contribution in [-0.4, -0.2) is 28.0 Å². The molecule has 0 amide bonds. The fourth-order valence-electron chi connectivity index (χ4n) is 2.81. The van der Waals surface area contributed by atoms with Gasteiger partial charge in [-0.05, 0) is 60.9 Å². The molecule has 18 heavy (non-hydrogen) atoms. The van der Waals surface area contributed by atoms with Crippen molar-refractivity contribution in [2.45, 2.75) is 25.4 Å². The third-order valence-corrected chi connectivity index (χ3v) is 4.36. The number of rotatable bonds is 1. The summed E-state index contributed by atoms with van der Waals surface area (Å²) in [4.78, 5) is 17.4. The molecule has 0 bridgehead atoms. The Morgan fingerprint density at radius 1 is 1.39 bits per heavy atom. The maximum atomic E-state index is 12.2. The number of piperidine rings is 1. The lowest BCUT2D eigenvalue weighted by Gasteiger charge is -2.33. The number of aromatic amines is 1. The number of hydrogen-bond acceptors (Lipinski definition) is 2. The molecule has 1 aliphatic rings. The molecule has 3 rings (SSSR count). The summed E-state index contributed by atoms with van der Waals surface area (Å²) in [6, 6.07) is 5.87. The molecule has 0 radical (unpaired) electrons. The zero-order valence-electron chi connectivity index (χ0n) is 10.3. The first-order chi connectivity index (χ1) is 8.68. The molecule has 1 saturated heterocycles. The summed E-state index contributed by atoms with van der Waals surface area (Å²) < 4.78 is 2.86. The highest BCUT2D eigenvalue weighted by Gasteiger charge is 2.24. The van der Waals surface area contributed by atoms with E-state index < -0.39 is 0 Å². The maximum Gasteiger partial charge on any atom is 0.327 e. The van der Waals surface area contributed by atoms with Crippen molar-refractivity contribution < 1.29 is 0 Å². The highest BCUT2D eigenvalue weighted by molar-refractivity contribution is 9.10. The van der Waals surface area contributed by atoms with Gasteiger partial charge in [0.1, 0.15) is 0 Å². The largest absolute Gasteiger partial charge is 0.327 e. The Labute approximate surface area is 114 Å². The summed E-state index contributed by atoms with van der Waals surface area (Å²) >= 11 is 3.55. The Morgan fingerprint density at radius 3 is 3.00 bits per heavy atom. The number of para-hydroxylation sites is 1. The zero-order chi connectivity index (χ0) is 12.7. The third kappa shape index (κ3) is 1.82. The van der Waals surface area contributed by atoms with Crippen molar-refractivity contribution in [1.29, 1.82) is 0 Å². The van der Waals surface area contributed by atoms with Crippen LogP contribution in [-0.2, 0) is 0 Å². The van der Waals surface area contributed by atoms with E-state index in [2.05, 4.69) is 32.9 Å². The van der Waals surface area contributed by atoms with Gasteiger partial charge in [0.05, 0.1) is 17.2 Å². The lowest BCUT2D eigenvalue weighted by atomic mass is 10.1. The van der Waals surface area contributed by atoms with Crippen molar-refractivity contribution >= 4 is 27.0 Å². The van der Waals surface area contributed by atoms with Gasteiger partial charge in [-0.1, -0.05) is 6.07 Å². The SMILES string of the molecule is CN1CCCCC1n1c(=O)[nH]c2cccc(Br)c21. The molecule has 4 nitrogen and oxygen atoms in total. The Morgan fingerprint density at radius 2 is 2.22 bits per heavy atom. The van der Waals surface area contributed by atoms with Gasteiger partial charge in [0.2, 0.25) is 0 Å². The average molecular weight is 310 g/mol. The first kappa shape index (κ1) is 12.0. The van der Waals surface area contributed by atoms with Gasteiger partial charge >= 0.3 is 5.69 Å². The van der Waals surface area contributed by atoms with E-state index in [1.54, 1.807) is 0 Å². The van der Waals surface area contributed by atoms with Crippen molar-refractivity contribution in [3.05, 3.63) is 33.2 Å². The molecule has 1 atom stereocenters. The normalized spacial score (nSPS) is 21.6. The number of likely N-dealkylation sites (tertiary alicyclic amines) is 1. The van der Waals surface area contributed by atoms with Crippen LogP contribution in [0.1, 0.15) is 25.4 Å². The standard InChI is InChI=1S/C13H16BrN3O/c1-16-8-3-2-7-11(16)17-12-9(14)5-4-6-10(12)15-13(17)18/h4-6,11H,2-3,7-8H2,1H3,(H,15,18). The molecule has 1 aromatic heterocycles. The molecule has 1 unspecified atom stereocenters. The lowest BCUT2D eigenvalue weighted by molar-refractivity contribution is 0.128. The Hall–Kier alpha value is -1.07. The van der Waals surface area contributed by atoms with Crippen LogP contribution >= 0.6 is 15.9 Å². The van der Waals surface area contributed by atoms with E-state index in [1.165, 1.54) is 12.8 Å². The Kier molecular flexibility index (Phi) is 3.03. The summed E-state index contributed by atoms with van der Waals surface area (Å²) in [5, 5.41) is 0. The van der Waals surface area contributed by atoms with Gasteiger partial charge in [0.15, 0.2) is 0 Å². The van der Waals surface area contributed by atoms with Gasteiger partial charge in [-0.25, -0.2) is 4.79 Å². The van der Waals surface area contributed by atoms with Crippen LogP contribution in [0.2, 0.25) is 0 Å². The van der Waals surface area contributed by atoms with Crippen LogP contribution in [0.3, 0.4) is 0 Å². The number of aromatic nitrogens is 2. The number of nitrogens with one attached hydrogen (secondary N) is 1. The minimum absolute atomic E-state index is 0.0179. The van der Waals surface area contributed by atoms with Crippen molar-refractivity contribution in [2.75, 3.05) is 13.6 Å². The first-order valence-corrected chi connectivity index (χ1v) is 7.07. The van der Waals surface area contributed by atoms with Gasteiger partial charge in [-0.15, -0.1) is 0 Å². The van der Waals surface area contributed by atoms with Crippen molar-refractivity contribution in [3.8, 4) is 0 Å². The van der Waals surface area contributed by atoms with E-state index in [1.807, 2.05) is 22.8 Å². The summed E-state index contributed by atoms with van der Waals surface area (Å²) in [5.41, 5.74) is 1.85. The van der Waals surface area contributed by atoms with E-state index in [4.69, 9.17) is 0 Å². The molecule has 2 heterocycles. The fraction of sp³-hybridized carbons (Fsp3) is 0.462. The Balaban J connectivity index is 2.21. The molecule has 5 heteroatoms. The van der Waals surface area contributed by atoms with Crippen molar-refractivity contribution in [3.63, 3.8) is 0 Å². The van der Waals surface area contributed by atoms with Crippen LogP contribution < -0.4 is 5.69 Å². The molecule has 2 aromatic rings. The van der Waals surface area contributed by atoms with Gasteiger partial charge < -0.3 is 4.98 Å². The summed E-state index contributed by atoms with van der Waals surface area (Å²) in [7, 11) is 2.09. The number of hydrogen-bond donors (Lipinski definition) is 1. The second kappa shape index (κ2) is 4.55. The topological polar surface area (TPSA) is 41.0 Å². The molecule has 0 spiro atoms. The maximum absolute atomic E-state index is 12.2. The van der Waals surface area contributed by atoms with Crippen molar-refractivity contribution in [1.82, 2.24) is 14.5 Å². The Bertz CT molecular complexity index is 631. The quantitative estimate of drug-likeness (QED) is 0.880. The highest BCUT2D eigenvalue weighted by atomic mass is 79.9. The summed E-state index contributed by atoms with van der Waals surface area (Å²) in [6.07, 6.45) is 3.59. The van der Waals surface area contributed by atoms with Crippen LogP contribution in [0.25, 0.3) is 11.0 Å². The number of H-pyrrole nitrogens is 1. The monoisotopic (exact) mass is 309 g/mol. The molecule has 1 aliphatic heterocycles. The third-order valence-electron chi connectivity index (χ3n) is 3.72. The minimum Gasteiger partial charge on any atom is -0.305 e. The van der Waals surface area contributed by atoms with Crippen molar-refractivity contribution in [2.24, 2.45) is 0 Å². The summed E-state index contributed by atoms with van der Waals surface area (Å²) in [6.45, 7) is 1.05. The van der Waals surface area contributed by atoms with Gasteiger partial charge in [-0.2, -0.15) is 0 Å². The molecular formula is C13H16BrN3O. The van der Waals surface area contributed by atoms with Crippen LogP contribution in [0.4, 0.5) is 0 Å². The second-order valence-electron chi connectivity index (χ2n) is 4.89. The van der Waals surface area contributed by atoms with E-state index in [0.717, 1.165) is 28.5 Å². The number of nitrogens with zero attached hydrogens (tertiary/aromatic N) is 2. The molecular weight excluding hydrogens is 294 g/mol. The number of benzene rings is 1. The fourth-order valence-corrected chi connectivity index (χ4v) is 3.36. The number of imidazole rings is 1. The van der Waals surface area contributed by atoms with E-state index in [0.29, 0.717) is 0 Å². The zero-order valence-corrected chi connectivity index (χ0v) is 11.9.